The highest BCUT2D eigenvalue weighted by Crippen LogP contribution is 2.32. The van der Waals surface area contributed by atoms with E-state index in [4.69, 9.17) is 16.6 Å². The highest BCUT2D eigenvalue weighted by Gasteiger charge is 2.28. The minimum Gasteiger partial charge on any atom is -0.356 e. The molecule has 1 saturated heterocycles. The molecule has 2 aromatic carbocycles. The zero-order valence-electron chi connectivity index (χ0n) is 17.8. The average molecular weight is 470 g/mol. The van der Waals surface area contributed by atoms with E-state index in [0.29, 0.717) is 5.02 Å². The molecule has 32 heavy (non-hydrogen) atoms. The van der Waals surface area contributed by atoms with Crippen molar-refractivity contribution in [2.75, 3.05) is 18.0 Å². The van der Waals surface area contributed by atoms with Gasteiger partial charge in [0.15, 0.2) is 5.65 Å². The molecule has 0 spiro atoms. The second-order valence-corrected chi connectivity index (χ2v) is 10.4. The summed E-state index contributed by atoms with van der Waals surface area (Å²) < 4.78 is 28.4. The maximum atomic E-state index is 13.5. The van der Waals surface area contributed by atoms with Crippen molar-refractivity contribution in [3.8, 4) is 0 Å². The van der Waals surface area contributed by atoms with Crippen molar-refractivity contribution < 1.29 is 8.42 Å². The van der Waals surface area contributed by atoms with Crippen LogP contribution in [0.4, 0.5) is 5.82 Å². The lowest BCUT2D eigenvalue weighted by Gasteiger charge is -2.23. The normalized spacial score (nSPS) is 15.4. The summed E-state index contributed by atoms with van der Waals surface area (Å²) in [6, 6.07) is 12.4. The fraction of sp³-hybridized carbons (Fsp3) is 0.348. The van der Waals surface area contributed by atoms with Gasteiger partial charge in [-0.15, -0.1) is 5.10 Å². The average Bonchev–Trinajstić information content (AvgIpc) is 3.06. The van der Waals surface area contributed by atoms with Gasteiger partial charge >= 0.3 is 0 Å². The Labute approximate surface area is 191 Å². The Morgan fingerprint density at radius 1 is 1.00 bits per heavy atom. The Hall–Kier alpha value is -2.71. The number of sulfone groups is 1. The monoisotopic (exact) mass is 469 g/mol. The highest BCUT2D eigenvalue weighted by molar-refractivity contribution is 7.91. The maximum absolute atomic E-state index is 13.5. The summed E-state index contributed by atoms with van der Waals surface area (Å²) in [5.74, 6) is 0.733. The third-order valence-corrected chi connectivity index (χ3v) is 7.96. The largest absolute Gasteiger partial charge is 0.356 e. The van der Waals surface area contributed by atoms with Gasteiger partial charge in [0.25, 0.3) is 0 Å². The van der Waals surface area contributed by atoms with Crippen molar-refractivity contribution in [3.05, 3.63) is 53.1 Å². The summed E-state index contributed by atoms with van der Waals surface area (Å²) in [6.45, 7) is 3.77. The third-order valence-electron chi connectivity index (χ3n) is 6.06. The summed E-state index contributed by atoms with van der Waals surface area (Å²) >= 11 is 6.31. The predicted octanol–water partition coefficient (Wildman–Crippen LogP) is 4.71. The number of benzene rings is 2. The van der Waals surface area contributed by atoms with E-state index in [9.17, 15) is 8.42 Å². The Kier molecular flexibility index (Phi) is 5.51. The van der Waals surface area contributed by atoms with Crippen molar-refractivity contribution >= 4 is 43.8 Å². The van der Waals surface area contributed by atoms with E-state index in [0.717, 1.165) is 54.6 Å². The summed E-state index contributed by atoms with van der Waals surface area (Å²) in [4.78, 5) is 7.24. The molecule has 1 aliphatic heterocycles. The Morgan fingerprint density at radius 3 is 2.41 bits per heavy atom. The minimum atomic E-state index is -3.88. The summed E-state index contributed by atoms with van der Waals surface area (Å²) in [6.07, 6.45) is 5.34. The van der Waals surface area contributed by atoms with E-state index >= 15 is 0 Å². The lowest BCUT2D eigenvalue weighted by molar-refractivity contribution is 0.592. The summed E-state index contributed by atoms with van der Waals surface area (Å²) in [7, 11) is -3.88. The van der Waals surface area contributed by atoms with Crippen LogP contribution in [0.2, 0.25) is 5.02 Å². The van der Waals surface area contributed by atoms with E-state index in [-0.39, 0.29) is 15.6 Å². The lowest BCUT2D eigenvalue weighted by Crippen LogP contribution is -2.25. The van der Waals surface area contributed by atoms with E-state index < -0.39 is 9.84 Å². The molecule has 0 bridgehead atoms. The molecule has 0 amide bonds. The van der Waals surface area contributed by atoms with Crippen molar-refractivity contribution in [1.29, 1.82) is 0 Å². The van der Waals surface area contributed by atoms with Crippen LogP contribution in [0, 0.1) is 0 Å². The van der Waals surface area contributed by atoms with Crippen LogP contribution in [0.1, 0.15) is 38.2 Å². The molecular formula is C23H24ClN5O2S. The van der Waals surface area contributed by atoms with Crippen LogP contribution in [0.15, 0.2) is 52.4 Å². The van der Waals surface area contributed by atoms with Crippen LogP contribution >= 0.6 is 11.6 Å². The van der Waals surface area contributed by atoms with Crippen LogP contribution in [0.25, 0.3) is 16.6 Å². The number of anilines is 1. The molecule has 9 heteroatoms. The maximum Gasteiger partial charge on any atom is 0.229 e. The number of hydrogen-bond acceptors (Lipinski definition) is 6. The molecule has 1 fully saturated rings. The molecule has 5 rings (SSSR count). The summed E-state index contributed by atoms with van der Waals surface area (Å²) in [5, 5.41) is 9.55. The standard InChI is InChI=1S/C23H24ClN5O2S/c1-2-16-7-10-18(11-8-16)32(30,31)23-22-25-21(28-13-5-3-4-6-14-28)19-15-17(24)9-12-20(19)29(22)27-26-23/h7-12,15H,2-6,13-14H2,1H3. The topological polar surface area (TPSA) is 80.5 Å². The SMILES string of the molecule is CCc1ccc(S(=O)(=O)c2nnn3c2nc(N2CCCCCC2)c2cc(Cl)ccc23)cc1. The summed E-state index contributed by atoms with van der Waals surface area (Å²) in [5.41, 5.74) is 2.04. The van der Waals surface area contributed by atoms with Gasteiger partial charge < -0.3 is 4.90 Å². The molecule has 0 atom stereocenters. The van der Waals surface area contributed by atoms with Gasteiger partial charge in [-0.05, 0) is 55.2 Å². The third kappa shape index (κ3) is 3.61. The second kappa shape index (κ2) is 8.33. The molecule has 2 aromatic heterocycles. The molecule has 0 unspecified atom stereocenters. The molecule has 0 saturated carbocycles. The van der Waals surface area contributed by atoms with E-state index in [2.05, 4.69) is 15.2 Å². The first-order valence-corrected chi connectivity index (χ1v) is 12.8. The van der Waals surface area contributed by atoms with Crippen LogP contribution < -0.4 is 4.90 Å². The van der Waals surface area contributed by atoms with Gasteiger partial charge in [-0.3, -0.25) is 0 Å². The van der Waals surface area contributed by atoms with Gasteiger partial charge in [0.2, 0.25) is 14.9 Å². The van der Waals surface area contributed by atoms with Crippen LogP contribution in [0.5, 0.6) is 0 Å². The predicted molar refractivity (Wildman–Crippen MR) is 125 cm³/mol. The minimum absolute atomic E-state index is 0.130. The van der Waals surface area contributed by atoms with Crippen molar-refractivity contribution in [2.24, 2.45) is 0 Å². The van der Waals surface area contributed by atoms with Gasteiger partial charge in [0, 0.05) is 23.5 Å². The van der Waals surface area contributed by atoms with E-state index in [1.165, 1.54) is 17.4 Å². The molecule has 0 aliphatic carbocycles. The fourth-order valence-electron chi connectivity index (χ4n) is 4.27. The van der Waals surface area contributed by atoms with Crippen LogP contribution in [0.3, 0.4) is 0 Å². The number of aryl methyl sites for hydroxylation is 1. The number of fused-ring (bicyclic) bond motifs is 3. The molecule has 1 aliphatic rings. The fourth-order valence-corrected chi connectivity index (χ4v) is 5.67. The Bertz CT molecular complexity index is 1390. The van der Waals surface area contributed by atoms with E-state index in [1.807, 2.05) is 31.2 Å². The number of hydrogen-bond donors (Lipinski definition) is 0. The highest BCUT2D eigenvalue weighted by atomic mass is 35.5. The molecule has 3 heterocycles. The molecule has 0 N–H and O–H groups in total. The van der Waals surface area contributed by atoms with Crippen molar-refractivity contribution in [2.45, 2.75) is 48.9 Å². The second-order valence-electron chi connectivity index (χ2n) is 8.13. The van der Waals surface area contributed by atoms with Crippen molar-refractivity contribution in [1.82, 2.24) is 19.8 Å². The molecule has 0 radical (unpaired) electrons. The smallest absolute Gasteiger partial charge is 0.229 e. The van der Waals surface area contributed by atoms with Crippen molar-refractivity contribution in [3.63, 3.8) is 0 Å². The zero-order chi connectivity index (χ0) is 22.3. The van der Waals surface area contributed by atoms with Gasteiger partial charge in [-0.1, -0.05) is 48.7 Å². The Balaban J connectivity index is 1.73. The van der Waals surface area contributed by atoms with E-state index in [1.54, 1.807) is 18.2 Å². The molecule has 4 aromatic rings. The van der Waals surface area contributed by atoms with Gasteiger partial charge in [-0.2, -0.15) is 4.52 Å². The van der Waals surface area contributed by atoms with Crippen LogP contribution in [-0.4, -0.2) is 41.3 Å². The number of halogens is 1. The Morgan fingerprint density at radius 2 is 1.72 bits per heavy atom. The van der Waals surface area contributed by atoms with Gasteiger partial charge in [-0.25, -0.2) is 13.4 Å². The lowest BCUT2D eigenvalue weighted by atomic mass is 10.2. The van der Waals surface area contributed by atoms with Crippen LogP contribution in [-0.2, 0) is 16.3 Å². The number of aromatic nitrogens is 4. The van der Waals surface area contributed by atoms with Gasteiger partial charge in [0.05, 0.1) is 10.4 Å². The first-order valence-electron chi connectivity index (χ1n) is 10.9. The molecule has 7 nitrogen and oxygen atoms in total. The zero-order valence-corrected chi connectivity index (χ0v) is 19.4. The first-order chi connectivity index (χ1) is 15.5. The molecular weight excluding hydrogens is 446 g/mol. The van der Waals surface area contributed by atoms with Gasteiger partial charge in [0.1, 0.15) is 5.82 Å². The number of rotatable bonds is 4. The number of nitrogens with zero attached hydrogens (tertiary/aromatic N) is 5. The quantitative estimate of drug-likeness (QED) is 0.430. The molecule has 166 valence electrons. The first kappa shape index (κ1) is 21.2.